The minimum absolute atomic E-state index is 0.121. The van der Waals surface area contributed by atoms with E-state index in [4.69, 9.17) is 17.3 Å². The average Bonchev–Trinajstić information content (AvgIpc) is 2.00. The van der Waals surface area contributed by atoms with Crippen molar-refractivity contribution in [2.24, 2.45) is 0 Å². The van der Waals surface area contributed by atoms with Crippen molar-refractivity contribution < 1.29 is 9.50 Å². The number of halogens is 1. The summed E-state index contributed by atoms with van der Waals surface area (Å²) in [7, 11) is 0. The summed E-state index contributed by atoms with van der Waals surface area (Å²) in [5, 5.41) is 14.9. The van der Waals surface area contributed by atoms with Crippen LogP contribution in [0.2, 0.25) is 0 Å². The Morgan fingerprint density at radius 1 is 1.58 bits per heavy atom. The second-order valence-electron chi connectivity index (χ2n) is 2.62. The molecule has 0 saturated heterocycles. The van der Waals surface area contributed by atoms with Crippen LogP contribution in [-0.4, -0.2) is 35.6 Å². The normalized spacial score (nSPS) is 15.0. The predicted octanol–water partition coefficient (Wildman–Crippen LogP) is 0.189. The van der Waals surface area contributed by atoms with Crippen LogP contribution in [0.3, 0.4) is 0 Å². The Hall–Kier alpha value is -0.420. The molecule has 3 N–H and O–H groups in total. The summed E-state index contributed by atoms with van der Waals surface area (Å²) in [6.07, 6.45) is -0.477. The molecule has 3 nitrogen and oxygen atoms in total. The maximum atomic E-state index is 11.7. The highest BCUT2D eigenvalue weighted by molar-refractivity contribution is 7.80. The molecular formula is C7H15FN2OS. The van der Waals surface area contributed by atoms with Crippen LogP contribution >= 0.6 is 12.2 Å². The summed E-state index contributed by atoms with van der Waals surface area (Å²) in [5.41, 5.74) is 0. The molecule has 12 heavy (non-hydrogen) atoms. The number of hydrogen-bond acceptors (Lipinski definition) is 2. The SMILES string of the molecule is CC(O)C(C)NC(=S)NCCF. The molecule has 0 rings (SSSR count). The number of rotatable bonds is 4. The second kappa shape index (κ2) is 6.14. The molecule has 0 aliphatic rings. The van der Waals surface area contributed by atoms with Gasteiger partial charge in [0, 0.05) is 6.54 Å². The Morgan fingerprint density at radius 2 is 2.17 bits per heavy atom. The van der Waals surface area contributed by atoms with Crippen molar-refractivity contribution in [3.8, 4) is 0 Å². The van der Waals surface area contributed by atoms with E-state index >= 15 is 0 Å². The molecule has 2 atom stereocenters. The highest BCUT2D eigenvalue weighted by Gasteiger charge is 2.08. The fraction of sp³-hybridized carbons (Fsp3) is 0.857. The second-order valence-corrected chi connectivity index (χ2v) is 3.03. The molecule has 0 heterocycles. The van der Waals surface area contributed by atoms with Crippen LogP contribution in [0.1, 0.15) is 13.8 Å². The molecule has 72 valence electrons. The highest BCUT2D eigenvalue weighted by Crippen LogP contribution is 1.89. The van der Waals surface area contributed by atoms with Crippen LogP contribution < -0.4 is 10.6 Å². The van der Waals surface area contributed by atoms with Crippen molar-refractivity contribution in [2.45, 2.75) is 26.0 Å². The monoisotopic (exact) mass is 194 g/mol. The van der Waals surface area contributed by atoms with Gasteiger partial charge < -0.3 is 15.7 Å². The van der Waals surface area contributed by atoms with Gasteiger partial charge in [0.05, 0.1) is 12.1 Å². The zero-order chi connectivity index (χ0) is 9.56. The third kappa shape index (κ3) is 5.26. The van der Waals surface area contributed by atoms with Gasteiger partial charge in [-0.3, -0.25) is 0 Å². The van der Waals surface area contributed by atoms with E-state index in [2.05, 4.69) is 10.6 Å². The lowest BCUT2D eigenvalue weighted by molar-refractivity contribution is 0.162. The Labute approximate surface area is 77.3 Å². The number of aliphatic hydroxyl groups is 1. The van der Waals surface area contributed by atoms with Crippen LogP contribution in [0.15, 0.2) is 0 Å². The molecule has 0 aliphatic heterocycles. The molecule has 0 saturated carbocycles. The fourth-order valence-electron chi connectivity index (χ4n) is 0.539. The van der Waals surface area contributed by atoms with Crippen molar-refractivity contribution in [3.05, 3.63) is 0 Å². The van der Waals surface area contributed by atoms with Crippen LogP contribution in [-0.2, 0) is 0 Å². The molecule has 0 fully saturated rings. The van der Waals surface area contributed by atoms with Gasteiger partial charge in [-0.15, -0.1) is 0 Å². The standard InChI is InChI=1S/C7H15FN2OS/c1-5(6(2)11)10-7(12)9-4-3-8/h5-6,11H,3-4H2,1-2H3,(H2,9,10,12). The molecule has 0 aliphatic carbocycles. The van der Waals surface area contributed by atoms with Gasteiger partial charge in [-0.05, 0) is 26.1 Å². The van der Waals surface area contributed by atoms with E-state index in [0.717, 1.165) is 0 Å². The largest absolute Gasteiger partial charge is 0.391 e. The van der Waals surface area contributed by atoms with Gasteiger partial charge in [-0.2, -0.15) is 0 Å². The first-order chi connectivity index (χ1) is 5.57. The first-order valence-electron chi connectivity index (χ1n) is 3.86. The molecule has 2 unspecified atom stereocenters. The van der Waals surface area contributed by atoms with Gasteiger partial charge in [0.15, 0.2) is 5.11 Å². The molecule has 0 aromatic rings. The fourth-order valence-corrected chi connectivity index (χ4v) is 0.827. The number of aliphatic hydroxyl groups excluding tert-OH is 1. The van der Waals surface area contributed by atoms with E-state index in [9.17, 15) is 4.39 Å². The van der Waals surface area contributed by atoms with Gasteiger partial charge in [-0.1, -0.05) is 0 Å². The summed E-state index contributed by atoms with van der Waals surface area (Å²) in [6.45, 7) is 3.22. The number of alkyl halides is 1. The molecular weight excluding hydrogens is 179 g/mol. The summed E-state index contributed by atoms with van der Waals surface area (Å²) < 4.78 is 11.7. The molecule has 0 bridgehead atoms. The van der Waals surface area contributed by atoms with Crippen molar-refractivity contribution in [2.75, 3.05) is 13.2 Å². The number of nitrogens with one attached hydrogen (secondary N) is 2. The Morgan fingerprint density at radius 3 is 2.58 bits per heavy atom. The van der Waals surface area contributed by atoms with Gasteiger partial charge in [-0.25, -0.2) is 4.39 Å². The van der Waals surface area contributed by atoms with Crippen LogP contribution in [0.25, 0.3) is 0 Å². The predicted molar refractivity (Wildman–Crippen MR) is 50.9 cm³/mol. The van der Waals surface area contributed by atoms with E-state index in [-0.39, 0.29) is 12.6 Å². The van der Waals surface area contributed by atoms with E-state index in [1.807, 2.05) is 0 Å². The Bertz CT molecular complexity index is 143. The van der Waals surface area contributed by atoms with Crippen LogP contribution in [0.5, 0.6) is 0 Å². The first-order valence-corrected chi connectivity index (χ1v) is 4.27. The minimum Gasteiger partial charge on any atom is -0.391 e. The molecule has 0 aromatic heterocycles. The number of thiocarbonyl (C=S) groups is 1. The minimum atomic E-state index is -0.477. The van der Waals surface area contributed by atoms with Gasteiger partial charge in [0.2, 0.25) is 0 Å². The molecule has 0 radical (unpaired) electrons. The first kappa shape index (κ1) is 11.6. The lowest BCUT2D eigenvalue weighted by Gasteiger charge is -2.18. The molecule has 0 spiro atoms. The Balaban J connectivity index is 3.54. The van der Waals surface area contributed by atoms with Gasteiger partial charge in [0.1, 0.15) is 6.67 Å². The average molecular weight is 194 g/mol. The zero-order valence-corrected chi connectivity index (χ0v) is 8.12. The highest BCUT2D eigenvalue weighted by atomic mass is 32.1. The Kier molecular flexibility index (Phi) is 5.92. The van der Waals surface area contributed by atoms with Crippen LogP contribution in [0.4, 0.5) is 4.39 Å². The van der Waals surface area contributed by atoms with E-state index in [1.54, 1.807) is 13.8 Å². The number of hydrogen-bond donors (Lipinski definition) is 3. The summed E-state index contributed by atoms with van der Waals surface area (Å²) in [4.78, 5) is 0. The molecule has 0 aromatic carbocycles. The lowest BCUT2D eigenvalue weighted by Crippen LogP contribution is -2.45. The smallest absolute Gasteiger partial charge is 0.166 e. The van der Waals surface area contributed by atoms with E-state index in [1.165, 1.54) is 0 Å². The summed E-state index contributed by atoms with van der Waals surface area (Å²) in [6, 6.07) is -0.121. The van der Waals surface area contributed by atoms with Crippen molar-refractivity contribution >= 4 is 17.3 Å². The lowest BCUT2D eigenvalue weighted by atomic mass is 10.2. The van der Waals surface area contributed by atoms with Gasteiger partial charge >= 0.3 is 0 Å². The third-order valence-corrected chi connectivity index (χ3v) is 1.72. The van der Waals surface area contributed by atoms with E-state index < -0.39 is 12.8 Å². The quantitative estimate of drug-likeness (QED) is 0.559. The van der Waals surface area contributed by atoms with Crippen molar-refractivity contribution in [3.63, 3.8) is 0 Å². The topological polar surface area (TPSA) is 44.3 Å². The van der Waals surface area contributed by atoms with E-state index in [0.29, 0.717) is 5.11 Å². The summed E-state index contributed by atoms with van der Waals surface area (Å²) >= 11 is 4.81. The molecule has 5 heteroatoms. The van der Waals surface area contributed by atoms with Crippen molar-refractivity contribution in [1.82, 2.24) is 10.6 Å². The van der Waals surface area contributed by atoms with Gasteiger partial charge in [0.25, 0.3) is 0 Å². The van der Waals surface area contributed by atoms with Crippen LogP contribution in [0, 0.1) is 0 Å². The maximum absolute atomic E-state index is 11.7. The third-order valence-electron chi connectivity index (χ3n) is 1.46. The summed E-state index contributed by atoms with van der Waals surface area (Å²) in [5.74, 6) is 0. The molecule has 0 amide bonds. The maximum Gasteiger partial charge on any atom is 0.166 e. The van der Waals surface area contributed by atoms with Crippen molar-refractivity contribution in [1.29, 1.82) is 0 Å². The zero-order valence-electron chi connectivity index (χ0n) is 7.30.